The fourth-order valence-electron chi connectivity index (χ4n) is 3.30. The van der Waals surface area contributed by atoms with E-state index in [1.54, 1.807) is 17.5 Å². The lowest BCUT2D eigenvalue weighted by Gasteiger charge is -2.20. The maximum absolute atomic E-state index is 12.7. The molecule has 0 bridgehead atoms. The summed E-state index contributed by atoms with van der Waals surface area (Å²) in [6.45, 7) is 10.5. The van der Waals surface area contributed by atoms with E-state index in [-0.39, 0.29) is 36.1 Å². The van der Waals surface area contributed by atoms with E-state index in [9.17, 15) is 4.79 Å². The Morgan fingerprint density at radius 1 is 1.22 bits per heavy atom. The molecule has 1 N–H and O–H groups in total. The number of likely N-dealkylation sites (tertiary alicyclic amines) is 1. The van der Waals surface area contributed by atoms with Crippen LogP contribution in [0.1, 0.15) is 48.3 Å². The van der Waals surface area contributed by atoms with Gasteiger partial charge in [-0.15, -0.1) is 36.2 Å². The molecular formula is C16H27Cl2N3OS. The van der Waals surface area contributed by atoms with Gasteiger partial charge in [0, 0.05) is 18.5 Å². The molecule has 3 heterocycles. The Labute approximate surface area is 155 Å². The van der Waals surface area contributed by atoms with Gasteiger partial charge in [-0.1, -0.05) is 20.8 Å². The van der Waals surface area contributed by atoms with Crippen LogP contribution < -0.4 is 5.32 Å². The Morgan fingerprint density at radius 2 is 1.78 bits per heavy atom. The van der Waals surface area contributed by atoms with Gasteiger partial charge < -0.3 is 10.2 Å². The number of carbonyl (C=O) groups excluding carboxylic acids is 1. The summed E-state index contributed by atoms with van der Waals surface area (Å²) in [5.41, 5.74) is 0.0185. The number of amides is 1. The minimum absolute atomic E-state index is 0. The SMILES string of the molecule is CC(C)(C)c1ncc(C(=O)N2CC[C@@H]3CNC[C@@H]3CC2)s1.Cl.Cl. The Bertz CT molecular complexity index is 516. The average molecular weight is 380 g/mol. The van der Waals surface area contributed by atoms with Crippen molar-refractivity contribution in [1.82, 2.24) is 15.2 Å². The van der Waals surface area contributed by atoms with E-state index in [2.05, 4.69) is 31.1 Å². The summed E-state index contributed by atoms with van der Waals surface area (Å²) in [6, 6.07) is 0. The Kier molecular flexibility index (Phi) is 7.33. The summed E-state index contributed by atoms with van der Waals surface area (Å²) in [4.78, 5) is 20.0. The van der Waals surface area contributed by atoms with E-state index in [0.717, 1.165) is 60.7 Å². The van der Waals surface area contributed by atoms with E-state index >= 15 is 0 Å². The highest BCUT2D eigenvalue weighted by atomic mass is 35.5. The average Bonchev–Trinajstić information content (AvgIpc) is 3.03. The monoisotopic (exact) mass is 379 g/mol. The van der Waals surface area contributed by atoms with Crippen molar-refractivity contribution >= 4 is 42.1 Å². The van der Waals surface area contributed by atoms with Crippen LogP contribution in [0.3, 0.4) is 0 Å². The second kappa shape index (κ2) is 8.15. The molecule has 2 atom stereocenters. The van der Waals surface area contributed by atoms with Crippen molar-refractivity contribution in [2.75, 3.05) is 26.2 Å². The molecule has 1 amide bonds. The lowest BCUT2D eigenvalue weighted by atomic mass is 9.92. The fourth-order valence-corrected chi connectivity index (χ4v) is 4.24. The van der Waals surface area contributed by atoms with Crippen molar-refractivity contribution < 1.29 is 4.79 Å². The number of aromatic nitrogens is 1. The van der Waals surface area contributed by atoms with E-state index in [1.807, 2.05) is 4.90 Å². The van der Waals surface area contributed by atoms with Gasteiger partial charge in [0.15, 0.2) is 0 Å². The minimum Gasteiger partial charge on any atom is -0.338 e. The van der Waals surface area contributed by atoms with Crippen LogP contribution >= 0.6 is 36.2 Å². The second-order valence-corrected chi connectivity index (χ2v) is 8.36. The predicted molar refractivity (Wildman–Crippen MR) is 100 cm³/mol. The number of rotatable bonds is 1. The Balaban J connectivity index is 0.00000132. The molecule has 2 saturated heterocycles. The molecule has 0 aromatic carbocycles. The summed E-state index contributed by atoms with van der Waals surface area (Å²) in [7, 11) is 0. The molecule has 1 aromatic rings. The van der Waals surface area contributed by atoms with Crippen LogP contribution in [0, 0.1) is 11.8 Å². The lowest BCUT2D eigenvalue weighted by Crippen LogP contribution is -2.32. The number of nitrogens with zero attached hydrogens (tertiary/aromatic N) is 2. The smallest absolute Gasteiger partial charge is 0.265 e. The van der Waals surface area contributed by atoms with Gasteiger partial charge in [0.2, 0.25) is 0 Å². The summed E-state index contributed by atoms with van der Waals surface area (Å²) in [6.07, 6.45) is 4.03. The maximum Gasteiger partial charge on any atom is 0.265 e. The number of carbonyl (C=O) groups is 1. The second-order valence-electron chi connectivity index (χ2n) is 7.33. The van der Waals surface area contributed by atoms with Crippen LogP contribution in [0.25, 0.3) is 0 Å². The summed E-state index contributed by atoms with van der Waals surface area (Å²) in [5.74, 6) is 1.69. The Morgan fingerprint density at radius 3 is 2.26 bits per heavy atom. The molecule has 132 valence electrons. The van der Waals surface area contributed by atoms with Crippen molar-refractivity contribution in [2.24, 2.45) is 11.8 Å². The fraction of sp³-hybridized carbons (Fsp3) is 0.750. The zero-order valence-electron chi connectivity index (χ0n) is 14.0. The Hall–Kier alpha value is -0.360. The van der Waals surface area contributed by atoms with Gasteiger partial charge in [-0.05, 0) is 37.8 Å². The van der Waals surface area contributed by atoms with Crippen LogP contribution in [0.5, 0.6) is 0 Å². The number of hydrogen-bond donors (Lipinski definition) is 1. The van der Waals surface area contributed by atoms with Gasteiger partial charge in [-0.3, -0.25) is 4.79 Å². The van der Waals surface area contributed by atoms with E-state index < -0.39 is 0 Å². The molecule has 0 unspecified atom stereocenters. The van der Waals surface area contributed by atoms with Gasteiger partial charge in [-0.25, -0.2) is 4.98 Å². The number of halogens is 2. The topological polar surface area (TPSA) is 45.2 Å². The maximum atomic E-state index is 12.7. The van der Waals surface area contributed by atoms with Gasteiger partial charge in [0.1, 0.15) is 4.88 Å². The molecule has 23 heavy (non-hydrogen) atoms. The number of hydrogen-bond acceptors (Lipinski definition) is 4. The molecule has 4 nitrogen and oxygen atoms in total. The molecular weight excluding hydrogens is 353 g/mol. The van der Waals surface area contributed by atoms with Crippen LogP contribution in [0.2, 0.25) is 0 Å². The molecule has 0 spiro atoms. The zero-order valence-corrected chi connectivity index (χ0v) is 16.5. The summed E-state index contributed by atoms with van der Waals surface area (Å²) < 4.78 is 0. The quantitative estimate of drug-likeness (QED) is 0.813. The highest BCUT2D eigenvalue weighted by Crippen LogP contribution is 2.30. The molecule has 0 saturated carbocycles. The van der Waals surface area contributed by atoms with E-state index in [0.29, 0.717) is 0 Å². The van der Waals surface area contributed by atoms with Crippen LogP contribution in [-0.2, 0) is 5.41 Å². The van der Waals surface area contributed by atoms with Gasteiger partial charge in [0.05, 0.1) is 11.2 Å². The van der Waals surface area contributed by atoms with Gasteiger partial charge in [0.25, 0.3) is 5.91 Å². The standard InChI is InChI=1S/C16H25N3OS.2ClH/c1-16(2,3)15-18-10-13(21-15)14(20)19-6-4-11-8-17-9-12(11)5-7-19;;/h10-12,17H,4-9H2,1-3H3;2*1H/t11-,12+;;. The predicted octanol–water partition coefficient (Wildman–Crippen LogP) is 3.36. The zero-order chi connectivity index (χ0) is 15.0. The van der Waals surface area contributed by atoms with Gasteiger partial charge in [-0.2, -0.15) is 0 Å². The first-order chi connectivity index (χ1) is 9.95. The molecule has 2 fully saturated rings. The number of thiazole rings is 1. The third-order valence-electron chi connectivity index (χ3n) is 4.66. The third kappa shape index (κ3) is 4.59. The number of nitrogens with one attached hydrogen (secondary N) is 1. The van der Waals surface area contributed by atoms with Crippen molar-refractivity contribution in [3.8, 4) is 0 Å². The van der Waals surface area contributed by atoms with Crippen LogP contribution in [0.15, 0.2) is 6.20 Å². The van der Waals surface area contributed by atoms with Crippen LogP contribution in [-0.4, -0.2) is 42.0 Å². The molecule has 2 aliphatic heterocycles. The van der Waals surface area contributed by atoms with Crippen molar-refractivity contribution in [3.63, 3.8) is 0 Å². The first-order valence-corrected chi connectivity index (χ1v) is 8.73. The first kappa shape index (κ1) is 20.7. The minimum atomic E-state index is 0. The van der Waals surface area contributed by atoms with Crippen molar-refractivity contribution in [1.29, 1.82) is 0 Å². The molecule has 7 heteroatoms. The van der Waals surface area contributed by atoms with Crippen LogP contribution in [0.4, 0.5) is 0 Å². The van der Waals surface area contributed by atoms with E-state index in [4.69, 9.17) is 0 Å². The van der Waals surface area contributed by atoms with Crippen molar-refractivity contribution in [2.45, 2.75) is 39.0 Å². The normalized spacial score (nSPS) is 24.2. The molecule has 0 radical (unpaired) electrons. The summed E-state index contributed by atoms with van der Waals surface area (Å²) in [5, 5.41) is 4.52. The molecule has 1 aromatic heterocycles. The lowest BCUT2D eigenvalue weighted by molar-refractivity contribution is 0.0763. The number of fused-ring (bicyclic) bond motifs is 1. The highest BCUT2D eigenvalue weighted by molar-refractivity contribution is 7.13. The highest BCUT2D eigenvalue weighted by Gasteiger charge is 2.32. The molecule has 0 aliphatic carbocycles. The van der Waals surface area contributed by atoms with Gasteiger partial charge >= 0.3 is 0 Å². The molecule has 2 aliphatic rings. The third-order valence-corrected chi connectivity index (χ3v) is 6.08. The summed E-state index contributed by atoms with van der Waals surface area (Å²) >= 11 is 1.56. The molecule has 3 rings (SSSR count). The van der Waals surface area contributed by atoms with E-state index in [1.165, 1.54) is 0 Å². The van der Waals surface area contributed by atoms with Crippen molar-refractivity contribution in [3.05, 3.63) is 16.1 Å². The largest absolute Gasteiger partial charge is 0.338 e. The first-order valence-electron chi connectivity index (χ1n) is 7.91.